The third kappa shape index (κ3) is 3.41. The number of pyridine rings is 1. The van der Waals surface area contributed by atoms with E-state index in [2.05, 4.69) is 4.98 Å². The molecule has 0 saturated carbocycles. The normalized spacial score (nSPS) is 11.0. The summed E-state index contributed by atoms with van der Waals surface area (Å²) < 4.78 is 2.90. The fourth-order valence-electron chi connectivity index (χ4n) is 3.11. The van der Waals surface area contributed by atoms with Gasteiger partial charge in [0.05, 0.1) is 24.0 Å². The molecule has 0 fully saturated rings. The molecule has 4 rings (SSSR count). The predicted molar refractivity (Wildman–Crippen MR) is 106 cm³/mol. The maximum absolute atomic E-state index is 13.2. The molecule has 0 bridgehead atoms. The minimum atomic E-state index is -0.342. The molecular formula is C21H16ClN3O2. The van der Waals surface area contributed by atoms with E-state index in [4.69, 9.17) is 11.6 Å². The molecule has 2 heterocycles. The van der Waals surface area contributed by atoms with E-state index < -0.39 is 0 Å². The van der Waals surface area contributed by atoms with E-state index in [1.54, 1.807) is 47.3 Å². The molecule has 0 spiro atoms. The molecule has 0 radical (unpaired) electrons. The zero-order valence-corrected chi connectivity index (χ0v) is 15.1. The summed E-state index contributed by atoms with van der Waals surface area (Å²) in [7, 11) is 0. The first kappa shape index (κ1) is 17.2. The van der Waals surface area contributed by atoms with Crippen LogP contribution in [0.3, 0.4) is 0 Å². The highest BCUT2D eigenvalue weighted by Crippen LogP contribution is 2.12. The van der Waals surface area contributed by atoms with E-state index in [1.807, 2.05) is 30.3 Å². The van der Waals surface area contributed by atoms with Crippen molar-refractivity contribution in [3.05, 3.63) is 110 Å². The highest BCUT2D eigenvalue weighted by molar-refractivity contribution is 6.30. The van der Waals surface area contributed by atoms with E-state index >= 15 is 0 Å². The number of aromatic nitrogens is 3. The SMILES string of the molecule is O=c1c2ccccc2n(Cc2ccncc2)c(=O)n1Cc1ccc(Cl)cc1. The van der Waals surface area contributed by atoms with Gasteiger partial charge in [-0.25, -0.2) is 4.79 Å². The molecule has 0 atom stereocenters. The molecule has 6 heteroatoms. The molecule has 0 unspecified atom stereocenters. The smallest absolute Gasteiger partial charge is 0.289 e. The van der Waals surface area contributed by atoms with Crippen molar-refractivity contribution in [3.8, 4) is 0 Å². The van der Waals surface area contributed by atoms with Crippen molar-refractivity contribution < 1.29 is 0 Å². The second-order valence-corrected chi connectivity index (χ2v) is 6.70. The number of halogens is 1. The van der Waals surface area contributed by atoms with Crippen molar-refractivity contribution in [2.24, 2.45) is 0 Å². The summed E-state index contributed by atoms with van der Waals surface area (Å²) in [5, 5.41) is 1.12. The number of nitrogens with zero attached hydrogens (tertiary/aromatic N) is 3. The summed E-state index contributed by atoms with van der Waals surface area (Å²) in [6, 6.07) is 18.0. The lowest BCUT2D eigenvalue weighted by Crippen LogP contribution is -2.40. The lowest BCUT2D eigenvalue weighted by atomic mass is 10.2. The summed E-state index contributed by atoms with van der Waals surface area (Å²) >= 11 is 5.93. The maximum Gasteiger partial charge on any atom is 0.332 e. The molecule has 134 valence electrons. The lowest BCUT2D eigenvalue weighted by molar-refractivity contribution is 0.635. The van der Waals surface area contributed by atoms with Crippen LogP contribution >= 0.6 is 11.6 Å². The van der Waals surface area contributed by atoms with E-state index in [0.29, 0.717) is 22.5 Å². The Morgan fingerprint density at radius 2 is 1.41 bits per heavy atom. The summed E-state index contributed by atoms with van der Waals surface area (Å²) in [6.45, 7) is 0.554. The monoisotopic (exact) mass is 377 g/mol. The van der Waals surface area contributed by atoms with Crippen LogP contribution in [0.4, 0.5) is 0 Å². The van der Waals surface area contributed by atoms with Crippen LogP contribution in [0.2, 0.25) is 5.02 Å². The van der Waals surface area contributed by atoms with Crippen molar-refractivity contribution in [1.29, 1.82) is 0 Å². The highest BCUT2D eigenvalue weighted by atomic mass is 35.5. The van der Waals surface area contributed by atoms with Gasteiger partial charge in [-0.1, -0.05) is 35.9 Å². The van der Waals surface area contributed by atoms with Gasteiger partial charge in [0, 0.05) is 17.4 Å². The van der Waals surface area contributed by atoms with Gasteiger partial charge in [-0.2, -0.15) is 0 Å². The molecule has 4 aromatic rings. The van der Waals surface area contributed by atoms with Crippen LogP contribution in [-0.2, 0) is 13.1 Å². The van der Waals surface area contributed by atoms with E-state index in [9.17, 15) is 9.59 Å². The third-order valence-corrected chi connectivity index (χ3v) is 4.73. The predicted octanol–water partition coefficient (Wildman–Crippen LogP) is 3.31. The van der Waals surface area contributed by atoms with Crippen LogP contribution < -0.4 is 11.2 Å². The first-order chi connectivity index (χ1) is 13.1. The summed E-state index contributed by atoms with van der Waals surface area (Å²) in [5.74, 6) is 0. The highest BCUT2D eigenvalue weighted by Gasteiger charge is 2.13. The molecule has 0 N–H and O–H groups in total. The number of hydrogen-bond acceptors (Lipinski definition) is 3. The molecule has 5 nitrogen and oxygen atoms in total. The molecule has 0 aliphatic carbocycles. The van der Waals surface area contributed by atoms with Gasteiger partial charge in [0.25, 0.3) is 5.56 Å². The lowest BCUT2D eigenvalue weighted by Gasteiger charge is -2.14. The summed E-state index contributed by atoms with van der Waals surface area (Å²) in [6.07, 6.45) is 3.37. The van der Waals surface area contributed by atoms with Crippen molar-refractivity contribution in [2.45, 2.75) is 13.1 Å². The zero-order valence-electron chi connectivity index (χ0n) is 14.4. The van der Waals surface area contributed by atoms with Crippen molar-refractivity contribution in [1.82, 2.24) is 14.1 Å². The Labute approximate surface area is 160 Å². The van der Waals surface area contributed by atoms with Gasteiger partial charge in [0.2, 0.25) is 0 Å². The summed E-state index contributed by atoms with van der Waals surface area (Å²) in [5.41, 5.74) is 1.76. The number of hydrogen-bond donors (Lipinski definition) is 0. The Morgan fingerprint density at radius 1 is 0.778 bits per heavy atom. The standard InChI is InChI=1S/C21H16ClN3O2/c22-17-7-5-15(6-8-17)14-25-20(26)18-3-1-2-4-19(18)24(21(25)27)13-16-9-11-23-12-10-16/h1-12H,13-14H2. The number of rotatable bonds is 4. The van der Waals surface area contributed by atoms with Crippen LogP contribution in [0.5, 0.6) is 0 Å². The van der Waals surface area contributed by atoms with Crippen LogP contribution in [0.15, 0.2) is 82.6 Å². The fourth-order valence-corrected chi connectivity index (χ4v) is 3.23. The Morgan fingerprint density at radius 3 is 2.15 bits per heavy atom. The van der Waals surface area contributed by atoms with E-state index in [-0.39, 0.29) is 17.8 Å². The quantitative estimate of drug-likeness (QED) is 0.548. The van der Waals surface area contributed by atoms with Gasteiger partial charge >= 0.3 is 5.69 Å². The Balaban J connectivity index is 1.90. The fraction of sp³-hybridized carbons (Fsp3) is 0.0952. The van der Waals surface area contributed by atoms with Gasteiger partial charge in [-0.15, -0.1) is 0 Å². The average Bonchev–Trinajstić information content (AvgIpc) is 2.71. The van der Waals surface area contributed by atoms with Crippen molar-refractivity contribution in [3.63, 3.8) is 0 Å². The minimum Gasteiger partial charge on any atom is -0.289 e. The Kier molecular flexibility index (Phi) is 4.60. The van der Waals surface area contributed by atoms with Gasteiger partial charge in [-0.05, 0) is 47.5 Å². The topological polar surface area (TPSA) is 56.9 Å². The molecule has 27 heavy (non-hydrogen) atoms. The molecule has 2 aromatic heterocycles. The molecule has 0 amide bonds. The molecule has 0 aliphatic heterocycles. The average molecular weight is 378 g/mol. The Bertz CT molecular complexity index is 1210. The second kappa shape index (κ2) is 7.21. The van der Waals surface area contributed by atoms with Crippen LogP contribution in [0, 0.1) is 0 Å². The third-order valence-electron chi connectivity index (χ3n) is 4.48. The van der Waals surface area contributed by atoms with Crippen LogP contribution in [0.25, 0.3) is 10.9 Å². The minimum absolute atomic E-state index is 0.190. The first-order valence-electron chi connectivity index (χ1n) is 8.49. The van der Waals surface area contributed by atoms with Gasteiger partial charge < -0.3 is 0 Å². The van der Waals surface area contributed by atoms with Crippen molar-refractivity contribution in [2.75, 3.05) is 0 Å². The van der Waals surface area contributed by atoms with E-state index in [0.717, 1.165) is 11.1 Å². The Hall–Kier alpha value is -3.18. The second-order valence-electron chi connectivity index (χ2n) is 6.26. The molecule has 0 saturated heterocycles. The van der Waals surface area contributed by atoms with Gasteiger partial charge in [0.1, 0.15) is 0 Å². The summed E-state index contributed by atoms with van der Waals surface area (Å²) in [4.78, 5) is 30.1. The van der Waals surface area contributed by atoms with E-state index in [1.165, 1.54) is 4.57 Å². The molecule has 2 aromatic carbocycles. The first-order valence-corrected chi connectivity index (χ1v) is 8.87. The largest absolute Gasteiger partial charge is 0.332 e. The van der Waals surface area contributed by atoms with Crippen LogP contribution in [0.1, 0.15) is 11.1 Å². The zero-order chi connectivity index (χ0) is 18.8. The van der Waals surface area contributed by atoms with Crippen LogP contribution in [-0.4, -0.2) is 14.1 Å². The number of para-hydroxylation sites is 1. The molecule has 0 aliphatic rings. The van der Waals surface area contributed by atoms with Crippen molar-refractivity contribution >= 4 is 22.5 Å². The number of benzene rings is 2. The number of fused-ring (bicyclic) bond motifs is 1. The van der Waals surface area contributed by atoms with Gasteiger partial charge in [-0.3, -0.25) is 18.9 Å². The molecular weight excluding hydrogens is 362 g/mol. The maximum atomic E-state index is 13.2. The van der Waals surface area contributed by atoms with Gasteiger partial charge in [0.15, 0.2) is 0 Å².